The second kappa shape index (κ2) is 3.14. The SMILES string of the molecule is CCC1C[C@@H](O)CCC1(C)C. The van der Waals surface area contributed by atoms with Crippen molar-refractivity contribution in [2.45, 2.75) is 52.6 Å². The van der Waals surface area contributed by atoms with Crippen LogP contribution in [0.4, 0.5) is 0 Å². The maximum absolute atomic E-state index is 9.44. The Labute approximate surface area is 69.8 Å². The van der Waals surface area contributed by atoms with E-state index in [0.717, 1.165) is 18.8 Å². The zero-order valence-corrected chi connectivity index (χ0v) is 7.93. The van der Waals surface area contributed by atoms with E-state index >= 15 is 0 Å². The third kappa shape index (κ3) is 1.96. The third-order valence-electron chi connectivity index (χ3n) is 3.28. The van der Waals surface area contributed by atoms with Gasteiger partial charge in [0.15, 0.2) is 0 Å². The van der Waals surface area contributed by atoms with Crippen LogP contribution in [0.2, 0.25) is 0 Å². The number of aliphatic hydroxyl groups is 1. The van der Waals surface area contributed by atoms with Crippen molar-refractivity contribution in [3.63, 3.8) is 0 Å². The molecule has 0 heterocycles. The standard InChI is InChI=1S/C10H20O/c1-4-8-7-9(11)5-6-10(8,2)3/h8-9,11H,4-7H2,1-3H3/t8?,9-/m0/s1. The molecule has 11 heavy (non-hydrogen) atoms. The highest BCUT2D eigenvalue weighted by molar-refractivity contribution is 4.85. The van der Waals surface area contributed by atoms with E-state index in [-0.39, 0.29) is 6.10 Å². The molecule has 0 aromatic heterocycles. The number of hydrogen-bond acceptors (Lipinski definition) is 1. The van der Waals surface area contributed by atoms with Crippen molar-refractivity contribution in [3.8, 4) is 0 Å². The van der Waals surface area contributed by atoms with Gasteiger partial charge in [-0.05, 0) is 30.6 Å². The van der Waals surface area contributed by atoms with Gasteiger partial charge in [-0.3, -0.25) is 0 Å². The Morgan fingerprint density at radius 3 is 2.55 bits per heavy atom. The van der Waals surface area contributed by atoms with E-state index < -0.39 is 0 Å². The molecule has 0 amide bonds. The van der Waals surface area contributed by atoms with Crippen molar-refractivity contribution in [2.24, 2.45) is 11.3 Å². The van der Waals surface area contributed by atoms with E-state index in [0.29, 0.717) is 5.41 Å². The first kappa shape index (κ1) is 9.05. The Morgan fingerprint density at radius 2 is 2.09 bits per heavy atom. The third-order valence-corrected chi connectivity index (χ3v) is 3.28. The lowest BCUT2D eigenvalue weighted by Crippen LogP contribution is -2.33. The van der Waals surface area contributed by atoms with Crippen LogP contribution in [0.15, 0.2) is 0 Å². The van der Waals surface area contributed by atoms with E-state index in [1.807, 2.05) is 0 Å². The lowest BCUT2D eigenvalue weighted by atomic mass is 9.67. The quantitative estimate of drug-likeness (QED) is 0.618. The normalized spacial score (nSPS) is 37.1. The van der Waals surface area contributed by atoms with Crippen LogP contribution in [0.1, 0.15) is 46.5 Å². The molecule has 2 atom stereocenters. The van der Waals surface area contributed by atoms with Crippen molar-refractivity contribution in [1.29, 1.82) is 0 Å². The van der Waals surface area contributed by atoms with Gasteiger partial charge in [-0.1, -0.05) is 27.2 Å². The molecule has 0 aliphatic heterocycles. The van der Waals surface area contributed by atoms with Gasteiger partial charge in [-0.2, -0.15) is 0 Å². The molecule has 1 heteroatoms. The fourth-order valence-corrected chi connectivity index (χ4v) is 2.23. The molecular formula is C10H20O. The lowest BCUT2D eigenvalue weighted by molar-refractivity contribution is 0.0268. The van der Waals surface area contributed by atoms with Gasteiger partial charge >= 0.3 is 0 Å². The molecule has 66 valence electrons. The average Bonchev–Trinajstić information content (AvgIpc) is 1.94. The zero-order valence-electron chi connectivity index (χ0n) is 7.93. The Hall–Kier alpha value is -0.0400. The summed E-state index contributed by atoms with van der Waals surface area (Å²) in [6, 6.07) is 0. The second-order valence-electron chi connectivity index (χ2n) is 4.52. The van der Waals surface area contributed by atoms with Crippen LogP contribution >= 0.6 is 0 Å². The molecule has 1 nitrogen and oxygen atoms in total. The minimum Gasteiger partial charge on any atom is -0.393 e. The van der Waals surface area contributed by atoms with Gasteiger partial charge in [0, 0.05) is 0 Å². The second-order valence-corrected chi connectivity index (χ2v) is 4.52. The first-order valence-electron chi connectivity index (χ1n) is 4.74. The Kier molecular flexibility index (Phi) is 2.58. The molecule has 0 radical (unpaired) electrons. The fraction of sp³-hybridized carbons (Fsp3) is 1.00. The molecular weight excluding hydrogens is 136 g/mol. The van der Waals surface area contributed by atoms with Gasteiger partial charge in [-0.15, -0.1) is 0 Å². The molecule has 1 aliphatic carbocycles. The van der Waals surface area contributed by atoms with Crippen LogP contribution in [-0.2, 0) is 0 Å². The van der Waals surface area contributed by atoms with Crippen molar-refractivity contribution >= 4 is 0 Å². The summed E-state index contributed by atoms with van der Waals surface area (Å²) in [4.78, 5) is 0. The molecule has 0 saturated heterocycles. The topological polar surface area (TPSA) is 20.2 Å². The molecule has 0 bridgehead atoms. The van der Waals surface area contributed by atoms with Crippen LogP contribution in [0, 0.1) is 11.3 Å². The zero-order chi connectivity index (χ0) is 8.48. The summed E-state index contributed by atoms with van der Waals surface area (Å²) in [5.41, 5.74) is 0.466. The highest BCUT2D eigenvalue weighted by Crippen LogP contribution is 2.42. The van der Waals surface area contributed by atoms with Gasteiger partial charge in [-0.25, -0.2) is 0 Å². The molecule has 1 N–H and O–H groups in total. The molecule has 1 saturated carbocycles. The summed E-state index contributed by atoms with van der Waals surface area (Å²) in [7, 11) is 0. The Bertz CT molecular complexity index is 129. The maximum atomic E-state index is 9.44. The van der Waals surface area contributed by atoms with Crippen LogP contribution in [-0.4, -0.2) is 11.2 Å². The predicted octanol–water partition coefficient (Wildman–Crippen LogP) is 2.58. The summed E-state index contributed by atoms with van der Waals surface area (Å²) in [5, 5.41) is 9.44. The minimum absolute atomic E-state index is 0.0204. The van der Waals surface area contributed by atoms with Crippen molar-refractivity contribution in [3.05, 3.63) is 0 Å². The number of hydrogen-bond donors (Lipinski definition) is 1. The molecule has 1 unspecified atom stereocenters. The molecule has 1 fully saturated rings. The van der Waals surface area contributed by atoms with Crippen LogP contribution in [0.25, 0.3) is 0 Å². The largest absolute Gasteiger partial charge is 0.393 e. The van der Waals surface area contributed by atoms with Gasteiger partial charge in [0.05, 0.1) is 6.10 Å². The smallest absolute Gasteiger partial charge is 0.0543 e. The van der Waals surface area contributed by atoms with Gasteiger partial charge in [0.2, 0.25) is 0 Å². The summed E-state index contributed by atoms with van der Waals surface area (Å²) >= 11 is 0. The van der Waals surface area contributed by atoms with Crippen molar-refractivity contribution < 1.29 is 5.11 Å². The lowest BCUT2D eigenvalue weighted by Gasteiger charge is -2.40. The molecule has 0 aromatic carbocycles. The Morgan fingerprint density at radius 1 is 1.45 bits per heavy atom. The summed E-state index contributed by atoms with van der Waals surface area (Å²) in [6.07, 6.45) is 4.40. The van der Waals surface area contributed by atoms with Crippen LogP contribution in [0.5, 0.6) is 0 Å². The van der Waals surface area contributed by atoms with E-state index in [4.69, 9.17) is 0 Å². The highest BCUT2D eigenvalue weighted by atomic mass is 16.3. The van der Waals surface area contributed by atoms with Gasteiger partial charge in [0.25, 0.3) is 0 Å². The first-order valence-corrected chi connectivity index (χ1v) is 4.74. The molecule has 1 aliphatic rings. The van der Waals surface area contributed by atoms with E-state index in [1.54, 1.807) is 0 Å². The van der Waals surface area contributed by atoms with Crippen LogP contribution in [0.3, 0.4) is 0 Å². The molecule has 0 aromatic rings. The first-order chi connectivity index (χ1) is 5.06. The Balaban J connectivity index is 2.56. The van der Waals surface area contributed by atoms with Gasteiger partial charge < -0.3 is 5.11 Å². The van der Waals surface area contributed by atoms with Gasteiger partial charge in [0.1, 0.15) is 0 Å². The number of rotatable bonds is 1. The minimum atomic E-state index is -0.0204. The maximum Gasteiger partial charge on any atom is 0.0543 e. The molecule has 0 spiro atoms. The average molecular weight is 156 g/mol. The van der Waals surface area contributed by atoms with E-state index in [1.165, 1.54) is 12.8 Å². The monoisotopic (exact) mass is 156 g/mol. The summed E-state index contributed by atoms with van der Waals surface area (Å²) in [5.74, 6) is 0.728. The van der Waals surface area contributed by atoms with E-state index in [9.17, 15) is 5.11 Å². The van der Waals surface area contributed by atoms with Crippen LogP contribution < -0.4 is 0 Å². The molecule has 1 rings (SSSR count). The van der Waals surface area contributed by atoms with E-state index in [2.05, 4.69) is 20.8 Å². The predicted molar refractivity (Wildman–Crippen MR) is 47.4 cm³/mol. The number of aliphatic hydroxyl groups excluding tert-OH is 1. The van der Waals surface area contributed by atoms with Crippen molar-refractivity contribution in [2.75, 3.05) is 0 Å². The summed E-state index contributed by atoms with van der Waals surface area (Å²) in [6.45, 7) is 6.88. The fourth-order valence-electron chi connectivity index (χ4n) is 2.23. The highest BCUT2D eigenvalue weighted by Gasteiger charge is 2.34. The summed E-state index contributed by atoms with van der Waals surface area (Å²) < 4.78 is 0. The van der Waals surface area contributed by atoms with Crippen molar-refractivity contribution in [1.82, 2.24) is 0 Å².